The number of H-pyrrole nitrogens is 1. The molecule has 0 bridgehead atoms. The van der Waals surface area contributed by atoms with Gasteiger partial charge >= 0.3 is 4.87 Å². The molecule has 0 aliphatic carbocycles. The van der Waals surface area contributed by atoms with E-state index in [-0.39, 0.29) is 40.9 Å². The lowest BCUT2D eigenvalue weighted by Crippen LogP contribution is -2.28. The highest BCUT2D eigenvalue weighted by molar-refractivity contribution is 7.16. The van der Waals surface area contributed by atoms with Gasteiger partial charge < -0.3 is 20.6 Å². The molecule has 0 aliphatic rings. The van der Waals surface area contributed by atoms with Gasteiger partial charge in [0, 0.05) is 0 Å². The number of anilines is 1. The predicted molar refractivity (Wildman–Crippen MR) is 80.3 cm³/mol. The zero-order chi connectivity index (χ0) is 15.6. The molecule has 0 fully saturated rings. The zero-order valence-electron chi connectivity index (χ0n) is 11.8. The fourth-order valence-electron chi connectivity index (χ4n) is 1.93. The largest absolute Gasteiger partial charge is 0.394 e. The lowest BCUT2D eigenvalue weighted by molar-refractivity contribution is -0.0511. The predicted octanol–water partition coefficient (Wildman–Crippen LogP) is 0.110. The van der Waals surface area contributed by atoms with E-state index in [1.165, 1.54) is 4.57 Å². The SMILES string of the molecule is CC[C@H](C)[C@@H](CO)OCn1c(=O)sc2c(=O)nc(N)[nH]c21. The molecule has 0 amide bonds. The summed E-state index contributed by atoms with van der Waals surface area (Å²) < 4.78 is 7.09. The Morgan fingerprint density at radius 3 is 2.86 bits per heavy atom. The number of nitrogens with two attached hydrogens (primary N) is 1. The van der Waals surface area contributed by atoms with Crippen LogP contribution in [0.2, 0.25) is 0 Å². The van der Waals surface area contributed by atoms with Crippen molar-refractivity contribution in [3.05, 3.63) is 20.0 Å². The van der Waals surface area contributed by atoms with E-state index in [4.69, 9.17) is 10.5 Å². The molecule has 0 spiro atoms. The molecule has 2 aromatic heterocycles. The third-order valence-corrected chi connectivity index (χ3v) is 4.40. The Morgan fingerprint density at radius 2 is 2.24 bits per heavy atom. The van der Waals surface area contributed by atoms with Gasteiger partial charge in [-0.3, -0.25) is 14.2 Å². The highest BCUT2D eigenvalue weighted by Gasteiger charge is 2.18. The maximum Gasteiger partial charge on any atom is 0.311 e. The van der Waals surface area contributed by atoms with Gasteiger partial charge in [-0.25, -0.2) is 0 Å². The first-order valence-electron chi connectivity index (χ1n) is 6.59. The molecule has 2 aromatic rings. The molecule has 21 heavy (non-hydrogen) atoms. The van der Waals surface area contributed by atoms with Gasteiger partial charge in [-0.1, -0.05) is 31.6 Å². The van der Waals surface area contributed by atoms with Crippen molar-refractivity contribution < 1.29 is 9.84 Å². The summed E-state index contributed by atoms with van der Waals surface area (Å²) in [6, 6.07) is 0. The van der Waals surface area contributed by atoms with Crippen molar-refractivity contribution in [3.63, 3.8) is 0 Å². The van der Waals surface area contributed by atoms with Gasteiger partial charge in [0.2, 0.25) is 5.95 Å². The number of ether oxygens (including phenoxy) is 1. The van der Waals surface area contributed by atoms with Crippen molar-refractivity contribution in [1.29, 1.82) is 0 Å². The number of aromatic amines is 1. The fraction of sp³-hybridized carbons (Fsp3) is 0.583. The van der Waals surface area contributed by atoms with Crippen LogP contribution in [-0.2, 0) is 11.5 Å². The van der Waals surface area contributed by atoms with Crippen LogP contribution in [0.4, 0.5) is 5.95 Å². The van der Waals surface area contributed by atoms with Crippen molar-refractivity contribution in [3.8, 4) is 0 Å². The molecule has 0 saturated heterocycles. The monoisotopic (exact) mass is 314 g/mol. The Kier molecular flexibility index (Phi) is 4.76. The number of hydrogen-bond donors (Lipinski definition) is 3. The van der Waals surface area contributed by atoms with Gasteiger partial charge in [0.15, 0.2) is 0 Å². The van der Waals surface area contributed by atoms with Crippen LogP contribution in [0, 0.1) is 5.92 Å². The van der Waals surface area contributed by atoms with Crippen LogP contribution >= 0.6 is 11.3 Å². The number of rotatable bonds is 6. The summed E-state index contributed by atoms with van der Waals surface area (Å²) in [4.78, 5) is 29.5. The molecule has 116 valence electrons. The maximum absolute atomic E-state index is 12.0. The molecule has 2 rings (SSSR count). The van der Waals surface area contributed by atoms with Crippen LogP contribution in [0.3, 0.4) is 0 Å². The van der Waals surface area contributed by atoms with Crippen LogP contribution in [-0.4, -0.2) is 32.4 Å². The van der Waals surface area contributed by atoms with Gasteiger partial charge in [-0.15, -0.1) is 0 Å². The van der Waals surface area contributed by atoms with E-state index >= 15 is 0 Å². The molecule has 0 saturated carbocycles. The van der Waals surface area contributed by atoms with Crippen molar-refractivity contribution >= 4 is 27.6 Å². The topological polar surface area (TPSA) is 123 Å². The Labute approximate surface area is 124 Å². The second kappa shape index (κ2) is 6.37. The Bertz CT molecular complexity index is 735. The highest BCUT2D eigenvalue weighted by Crippen LogP contribution is 2.14. The molecule has 8 nitrogen and oxygen atoms in total. The fourth-order valence-corrected chi connectivity index (χ4v) is 2.75. The van der Waals surface area contributed by atoms with Crippen molar-refractivity contribution in [2.75, 3.05) is 12.3 Å². The number of nitrogens with zero attached hydrogens (tertiary/aromatic N) is 2. The molecule has 2 atom stereocenters. The lowest BCUT2D eigenvalue weighted by atomic mass is 10.0. The van der Waals surface area contributed by atoms with Gasteiger partial charge in [0.25, 0.3) is 5.56 Å². The number of fused-ring (bicyclic) bond motifs is 1. The summed E-state index contributed by atoms with van der Waals surface area (Å²) in [6.07, 6.45) is 0.473. The molecular weight excluding hydrogens is 296 g/mol. The number of nitrogen functional groups attached to an aromatic ring is 1. The van der Waals surface area contributed by atoms with Gasteiger partial charge in [-0.2, -0.15) is 4.98 Å². The van der Waals surface area contributed by atoms with Crippen LogP contribution < -0.4 is 16.2 Å². The van der Waals surface area contributed by atoms with Crippen molar-refractivity contribution in [1.82, 2.24) is 14.5 Å². The minimum Gasteiger partial charge on any atom is -0.394 e. The average Bonchev–Trinajstić information content (AvgIpc) is 2.76. The van der Waals surface area contributed by atoms with Crippen molar-refractivity contribution in [2.45, 2.75) is 33.1 Å². The number of aliphatic hydroxyl groups excluding tert-OH is 1. The molecule has 0 radical (unpaired) electrons. The smallest absolute Gasteiger partial charge is 0.311 e. The second-order valence-electron chi connectivity index (χ2n) is 4.80. The Balaban J connectivity index is 2.32. The summed E-state index contributed by atoms with van der Waals surface area (Å²) in [5, 5.41) is 9.33. The summed E-state index contributed by atoms with van der Waals surface area (Å²) in [5.41, 5.74) is 5.25. The normalized spacial score (nSPS) is 14.4. The number of aromatic nitrogens is 3. The third kappa shape index (κ3) is 3.14. The average molecular weight is 314 g/mol. The van der Waals surface area contributed by atoms with E-state index in [2.05, 4.69) is 9.97 Å². The first kappa shape index (κ1) is 15.7. The third-order valence-electron chi connectivity index (χ3n) is 3.43. The van der Waals surface area contributed by atoms with E-state index in [0.29, 0.717) is 5.65 Å². The number of thiazole rings is 1. The Hall–Kier alpha value is -1.71. The minimum absolute atomic E-state index is 0.0558. The molecule has 0 aliphatic heterocycles. The lowest BCUT2D eigenvalue weighted by Gasteiger charge is -2.21. The summed E-state index contributed by atoms with van der Waals surface area (Å²) in [7, 11) is 0. The van der Waals surface area contributed by atoms with Crippen LogP contribution in [0.25, 0.3) is 10.3 Å². The van der Waals surface area contributed by atoms with E-state index in [1.807, 2.05) is 13.8 Å². The van der Waals surface area contributed by atoms with Crippen LogP contribution in [0.15, 0.2) is 9.59 Å². The van der Waals surface area contributed by atoms with E-state index in [0.717, 1.165) is 17.8 Å². The van der Waals surface area contributed by atoms with Crippen molar-refractivity contribution in [2.24, 2.45) is 5.92 Å². The first-order chi connectivity index (χ1) is 9.97. The van der Waals surface area contributed by atoms with Crippen LogP contribution in [0.5, 0.6) is 0 Å². The van der Waals surface area contributed by atoms with E-state index < -0.39 is 5.56 Å². The highest BCUT2D eigenvalue weighted by atomic mass is 32.1. The number of hydrogen-bond acceptors (Lipinski definition) is 7. The maximum atomic E-state index is 12.0. The van der Waals surface area contributed by atoms with Gasteiger partial charge in [0.05, 0.1) is 12.7 Å². The quantitative estimate of drug-likeness (QED) is 0.695. The molecule has 0 unspecified atom stereocenters. The molecule has 4 N–H and O–H groups in total. The number of nitrogens with one attached hydrogen (secondary N) is 1. The molecule has 0 aromatic carbocycles. The minimum atomic E-state index is -0.539. The van der Waals surface area contributed by atoms with E-state index in [9.17, 15) is 14.7 Å². The summed E-state index contributed by atoms with van der Waals surface area (Å²) in [5.74, 6) is 0.0982. The standard InChI is InChI=1S/C12H18N4O4S/c1-3-6(2)7(4-17)20-5-16-9-8(21-12(16)19)10(18)15-11(13)14-9/h6-7,17H,3-5H2,1-2H3,(H3,13,14,15,18)/t6-,7+/m0/s1. The first-order valence-corrected chi connectivity index (χ1v) is 7.41. The summed E-state index contributed by atoms with van der Waals surface area (Å²) >= 11 is 0.791. The summed E-state index contributed by atoms with van der Waals surface area (Å²) in [6.45, 7) is 3.76. The van der Waals surface area contributed by atoms with Gasteiger partial charge in [-0.05, 0) is 5.92 Å². The molecule has 9 heteroatoms. The molecular formula is C12H18N4O4S. The second-order valence-corrected chi connectivity index (χ2v) is 5.76. The molecule has 2 heterocycles. The Morgan fingerprint density at radius 1 is 1.52 bits per heavy atom. The van der Waals surface area contributed by atoms with Gasteiger partial charge in [0.1, 0.15) is 17.1 Å². The van der Waals surface area contributed by atoms with E-state index in [1.54, 1.807) is 0 Å². The van der Waals surface area contributed by atoms with Crippen LogP contribution in [0.1, 0.15) is 20.3 Å². The number of aliphatic hydroxyl groups is 1. The zero-order valence-corrected chi connectivity index (χ0v) is 12.6.